The van der Waals surface area contributed by atoms with E-state index in [0.717, 1.165) is 27.7 Å². The quantitative estimate of drug-likeness (QED) is 0.139. The summed E-state index contributed by atoms with van der Waals surface area (Å²) in [5.74, 6) is -0.0366. The van der Waals surface area contributed by atoms with Crippen molar-refractivity contribution in [3.8, 4) is 0 Å². The summed E-state index contributed by atoms with van der Waals surface area (Å²) < 4.78 is 5.32. The van der Waals surface area contributed by atoms with Crippen molar-refractivity contribution < 1.29 is 23.6 Å². The fourth-order valence-electron chi connectivity index (χ4n) is 6.24. The number of carbonyl (C=O) groups is 3. The van der Waals surface area contributed by atoms with E-state index >= 15 is 0 Å². The average Bonchev–Trinajstić information content (AvgIpc) is 3.78. The highest BCUT2D eigenvalue weighted by Gasteiger charge is 2.59. The third kappa shape index (κ3) is 4.98. The van der Waals surface area contributed by atoms with Crippen molar-refractivity contribution in [3.63, 3.8) is 0 Å². The van der Waals surface area contributed by atoms with Crippen molar-refractivity contribution in [2.24, 2.45) is 0 Å². The molecule has 12 nitrogen and oxygen atoms in total. The number of ether oxygens (including phenoxy) is 1. The fraction of sp³-hybridized carbons (Fsp3) is 0.206. The number of carbonyl (C=O) groups excluding carboxylic acids is 3. The number of para-hydroxylation sites is 2. The molecule has 2 unspecified atom stereocenters. The van der Waals surface area contributed by atoms with Crippen LogP contribution in [0.1, 0.15) is 54.0 Å². The molecule has 4 heterocycles. The number of hydrogen-bond acceptors (Lipinski definition) is 6. The van der Waals surface area contributed by atoms with Crippen molar-refractivity contribution in [2.45, 2.75) is 38.8 Å². The van der Waals surface area contributed by atoms with Crippen LogP contribution in [0.4, 0.5) is 21.5 Å². The maximum Gasteiger partial charge on any atom is 0.526 e. The highest BCUT2D eigenvalue weighted by molar-refractivity contribution is 6.11. The van der Waals surface area contributed by atoms with E-state index in [1.807, 2.05) is 54.6 Å². The van der Waals surface area contributed by atoms with Crippen LogP contribution in [0, 0.1) is 0 Å². The normalized spacial score (nSPS) is 17.8. The van der Waals surface area contributed by atoms with Crippen molar-refractivity contribution in [3.05, 3.63) is 108 Å². The summed E-state index contributed by atoms with van der Waals surface area (Å²) in [5.41, 5.74) is 3.84. The van der Waals surface area contributed by atoms with Gasteiger partial charge in [-0.05, 0) is 44.5 Å². The Balaban J connectivity index is 1.33. The van der Waals surface area contributed by atoms with Gasteiger partial charge in [-0.15, -0.1) is 4.48 Å². The number of aromatic nitrogens is 5. The Morgan fingerprint density at radius 2 is 1.65 bits per heavy atom. The molecule has 0 fully saturated rings. The molecule has 4 amide bonds. The molecule has 5 N–H and O–H groups in total. The van der Waals surface area contributed by atoms with Crippen LogP contribution in [0.15, 0.2) is 85.2 Å². The molecule has 0 spiro atoms. The minimum atomic E-state index is -0.861. The molecule has 12 heteroatoms. The first kappa shape index (κ1) is 29.0. The van der Waals surface area contributed by atoms with Gasteiger partial charge in [0, 0.05) is 35.3 Å². The SMILES string of the molecule is CC(C)(C)OC(=O)[N+]1(C(=O)Nc2nc3c(C(=O)Nc4ncc[nH]4)cccc3[nH]2)CCc2c([nH]c3ccccc23)C1c1ccccc1. The van der Waals surface area contributed by atoms with E-state index in [-0.39, 0.29) is 18.1 Å². The maximum atomic E-state index is 14.7. The summed E-state index contributed by atoms with van der Waals surface area (Å²) in [5, 5.41) is 6.64. The molecule has 0 saturated heterocycles. The van der Waals surface area contributed by atoms with Crippen molar-refractivity contribution in [2.75, 3.05) is 17.2 Å². The highest BCUT2D eigenvalue weighted by atomic mass is 16.6. The Hall–Kier alpha value is -5.75. The minimum absolute atomic E-state index is 0.0913. The highest BCUT2D eigenvalue weighted by Crippen LogP contribution is 2.45. The van der Waals surface area contributed by atoms with Gasteiger partial charge < -0.3 is 19.7 Å². The van der Waals surface area contributed by atoms with Crippen molar-refractivity contribution in [1.82, 2.24) is 24.9 Å². The molecule has 0 aliphatic carbocycles. The van der Waals surface area contributed by atoms with Crippen molar-refractivity contribution >= 4 is 51.9 Å². The van der Waals surface area contributed by atoms with Gasteiger partial charge in [-0.25, -0.2) is 20.1 Å². The molecule has 1 aliphatic heterocycles. The lowest BCUT2D eigenvalue weighted by Crippen LogP contribution is -2.64. The number of imide groups is 1. The first-order valence-electron chi connectivity index (χ1n) is 15.0. The molecule has 0 bridgehead atoms. The number of amides is 4. The van der Waals surface area contributed by atoms with Crippen LogP contribution in [0.2, 0.25) is 0 Å². The van der Waals surface area contributed by atoms with Gasteiger partial charge in [-0.1, -0.05) is 54.6 Å². The van der Waals surface area contributed by atoms with Gasteiger partial charge in [-0.2, -0.15) is 4.79 Å². The van der Waals surface area contributed by atoms with E-state index in [0.29, 0.717) is 23.4 Å². The summed E-state index contributed by atoms with van der Waals surface area (Å²) >= 11 is 0. The number of H-pyrrole nitrogens is 3. The van der Waals surface area contributed by atoms with Gasteiger partial charge in [0.2, 0.25) is 11.9 Å². The number of aromatic amines is 3. The third-order valence-electron chi connectivity index (χ3n) is 8.19. The van der Waals surface area contributed by atoms with E-state index < -0.39 is 34.2 Å². The lowest BCUT2D eigenvalue weighted by molar-refractivity contribution is -0.805. The fourth-order valence-corrected chi connectivity index (χ4v) is 6.24. The molecule has 0 radical (unpaired) electrons. The number of imidazole rings is 2. The molecule has 46 heavy (non-hydrogen) atoms. The molecule has 0 saturated carbocycles. The van der Waals surface area contributed by atoms with Crippen LogP contribution < -0.4 is 10.6 Å². The lowest BCUT2D eigenvalue weighted by Gasteiger charge is -2.42. The standard InChI is InChI=1S/C34H32N8O4/c1-34(2,3)46-33(45)42(19-16-22-21-12-7-8-14-24(21)37-27(22)28(42)20-10-5-4-6-11-20)32(44)41-31-38-25-15-9-13-23(26(25)39-31)29(43)40-30-35-17-18-36-30/h4-15,17-18,28,37H,16,19H2,1-3H3,(H3-,35,36,38,39,40,41,43,44)/p+1. The largest absolute Gasteiger partial charge is 0.526 e. The predicted octanol–water partition coefficient (Wildman–Crippen LogP) is 6.65. The predicted molar refractivity (Wildman–Crippen MR) is 173 cm³/mol. The Morgan fingerprint density at radius 1 is 0.891 bits per heavy atom. The third-order valence-corrected chi connectivity index (χ3v) is 8.19. The van der Waals surface area contributed by atoms with Gasteiger partial charge in [0.1, 0.15) is 17.7 Å². The number of quaternary nitrogens is 1. The number of benzene rings is 3. The van der Waals surface area contributed by atoms with E-state index in [1.54, 1.807) is 45.2 Å². The zero-order valence-electron chi connectivity index (χ0n) is 25.5. The molecule has 1 aliphatic rings. The number of fused-ring (bicyclic) bond motifs is 4. The summed E-state index contributed by atoms with van der Waals surface area (Å²) in [6.07, 6.45) is 2.90. The second kappa shape index (κ2) is 11.0. The molecule has 232 valence electrons. The van der Waals surface area contributed by atoms with E-state index in [1.165, 1.54) is 6.20 Å². The Labute approximate surface area is 263 Å². The van der Waals surface area contributed by atoms with Crippen LogP contribution in [0.3, 0.4) is 0 Å². The van der Waals surface area contributed by atoms with Gasteiger partial charge >= 0.3 is 12.1 Å². The first-order chi connectivity index (χ1) is 22.1. The average molecular weight is 618 g/mol. The molecule has 3 aromatic carbocycles. The molecular weight excluding hydrogens is 584 g/mol. The second-order valence-electron chi connectivity index (χ2n) is 12.3. The van der Waals surface area contributed by atoms with Crippen LogP contribution in [0.25, 0.3) is 21.9 Å². The van der Waals surface area contributed by atoms with Crippen LogP contribution in [-0.2, 0) is 11.2 Å². The number of anilines is 2. The number of nitrogens with zero attached hydrogens (tertiary/aromatic N) is 3. The van der Waals surface area contributed by atoms with E-state index in [2.05, 4.69) is 35.6 Å². The van der Waals surface area contributed by atoms with Crippen LogP contribution in [0.5, 0.6) is 0 Å². The maximum absolute atomic E-state index is 14.7. The van der Waals surface area contributed by atoms with Gasteiger partial charge in [0.05, 0.1) is 16.8 Å². The smallest absolute Gasteiger partial charge is 0.414 e. The minimum Gasteiger partial charge on any atom is -0.414 e. The van der Waals surface area contributed by atoms with Crippen LogP contribution >= 0.6 is 0 Å². The summed E-state index contributed by atoms with van der Waals surface area (Å²) in [6.45, 7) is 5.49. The van der Waals surface area contributed by atoms with Gasteiger partial charge in [-0.3, -0.25) is 10.1 Å². The monoisotopic (exact) mass is 617 g/mol. The van der Waals surface area contributed by atoms with E-state index in [4.69, 9.17) is 4.74 Å². The van der Waals surface area contributed by atoms with Gasteiger partial charge in [0.15, 0.2) is 6.04 Å². The number of rotatable bonds is 4. The summed E-state index contributed by atoms with van der Waals surface area (Å²) in [6, 6.07) is 21.2. The Kier molecular flexibility index (Phi) is 6.93. The van der Waals surface area contributed by atoms with Crippen molar-refractivity contribution in [1.29, 1.82) is 0 Å². The Morgan fingerprint density at radius 3 is 2.41 bits per heavy atom. The first-order valence-corrected chi connectivity index (χ1v) is 15.0. The molecule has 7 rings (SSSR count). The number of hydrogen-bond donors (Lipinski definition) is 5. The van der Waals surface area contributed by atoms with Crippen LogP contribution in [-0.4, -0.2) is 59.6 Å². The summed E-state index contributed by atoms with van der Waals surface area (Å²) in [7, 11) is 0. The molecule has 3 aromatic heterocycles. The van der Waals surface area contributed by atoms with E-state index in [9.17, 15) is 14.4 Å². The molecular formula is C34H33N8O4+. The zero-order valence-corrected chi connectivity index (χ0v) is 25.5. The zero-order chi connectivity index (χ0) is 32.1. The second-order valence-corrected chi connectivity index (χ2v) is 12.3. The van der Waals surface area contributed by atoms with Gasteiger partial charge in [0.25, 0.3) is 5.91 Å². The lowest BCUT2D eigenvalue weighted by atomic mass is 9.90. The number of urea groups is 1. The molecule has 2 atom stereocenters. The number of nitrogens with one attached hydrogen (secondary N) is 5. The summed E-state index contributed by atoms with van der Waals surface area (Å²) in [4.78, 5) is 60.4. The Bertz CT molecular complexity index is 2090. The topological polar surface area (TPSA) is 158 Å². The molecule has 6 aromatic rings.